The molecule has 2 amide bonds. The minimum absolute atomic E-state index is 0.348. The van der Waals surface area contributed by atoms with Crippen molar-refractivity contribution in [1.82, 2.24) is 15.2 Å². The summed E-state index contributed by atoms with van der Waals surface area (Å²) in [4.78, 5) is 33.1. The zero-order chi connectivity index (χ0) is 23.7. The van der Waals surface area contributed by atoms with E-state index in [0.29, 0.717) is 10.6 Å². The monoisotopic (exact) mass is 492 g/mol. The zero-order valence-corrected chi connectivity index (χ0v) is 20.5. The largest absolute Gasteiger partial charge is 0.368 e. The maximum Gasteiger partial charge on any atom is 0.290 e. The standard InChI is InChI=1S/C26H25ClN4O2S/c1-2-8-30-9-11-31(12-10-30)23-7-6-17(13-22(23)27)20-5-3-4-18-16-28-19(14-21(18)20)15-24-25(32)29-26(33)34-24/h3-7,13-16H,2,8-12H2,1H3,(H,29,32,33). The summed E-state index contributed by atoms with van der Waals surface area (Å²) >= 11 is 7.67. The van der Waals surface area contributed by atoms with Crippen molar-refractivity contribution >= 4 is 57.0 Å². The van der Waals surface area contributed by atoms with E-state index in [-0.39, 0.29) is 11.1 Å². The van der Waals surface area contributed by atoms with E-state index in [1.165, 1.54) is 6.42 Å². The first kappa shape index (κ1) is 22.9. The number of carbonyl (C=O) groups excluding carboxylic acids is 2. The predicted octanol–water partition coefficient (Wildman–Crippen LogP) is 5.41. The Hall–Kier alpha value is -2.87. The molecule has 2 saturated heterocycles. The molecule has 0 saturated carbocycles. The van der Waals surface area contributed by atoms with Crippen LogP contribution in [0.4, 0.5) is 10.5 Å². The Bertz CT molecular complexity index is 1300. The van der Waals surface area contributed by atoms with Crippen LogP contribution in [0, 0.1) is 0 Å². The number of benzene rings is 2. The Kier molecular flexibility index (Phi) is 6.59. The molecule has 0 unspecified atom stereocenters. The Balaban J connectivity index is 1.45. The van der Waals surface area contributed by atoms with Crippen LogP contribution in [-0.4, -0.2) is 53.8 Å². The highest BCUT2D eigenvalue weighted by Gasteiger charge is 2.25. The third-order valence-electron chi connectivity index (χ3n) is 6.22. The number of halogens is 1. The summed E-state index contributed by atoms with van der Waals surface area (Å²) in [5.74, 6) is -0.386. The fourth-order valence-electron chi connectivity index (χ4n) is 4.53. The van der Waals surface area contributed by atoms with E-state index in [0.717, 1.165) is 77.1 Å². The van der Waals surface area contributed by atoms with Crippen LogP contribution in [0.3, 0.4) is 0 Å². The van der Waals surface area contributed by atoms with E-state index in [1.54, 1.807) is 12.3 Å². The molecule has 3 aromatic rings. The van der Waals surface area contributed by atoms with Gasteiger partial charge in [-0.2, -0.15) is 0 Å². The molecule has 2 fully saturated rings. The van der Waals surface area contributed by atoms with E-state index in [1.807, 2.05) is 24.3 Å². The van der Waals surface area contributed by atoms with Crippen LogP contribution in [-0.2, 0) is 4.79 Å². The van der Waals surface area contributed by atoms with Crippen molar-refractivity contribution in [1.29, 1.82) is 0 Å². The van der Waals surface area contributed by atoms with Gasteiger partial charge in [-0.15, -0.1) is 0 Å². The van der Waals surface area contributed by atoms with Crippen molar-refractivity contribution in [2.24, 2.45) is 0 Å². The summed E-state index contributed by atoms with van der Waals surface area (Å²) in [6.45, 7) is 7.44. The fourth-order valence-corrected chi connectivity index (χ4v) is 5.50. The summed E-state index contributed by atoms with van der Waals surface area (Å²) in [6.07, 6.45) is 4.62. The van der Waals surface area contributed by atoms with Crippen molar-refractivity contribution in [3.8, 4) is 11.1 Å². The molecule has 2 aliphatic heterocycles. The van der Waals surface area contributed by atoms with Crippen molar-refractivity contribution in [2.75, 3.05) is 37.6 Å². The van der Waals surface area contributed by atoms with Gasteiger partial charge in [-0.1, -0.05) is 42.8 Å². The number of aromatic nitrogens is 1. The second kappa shape index (κ2) is 9.78. The molecule has 2 aromatic carbocycles. The van der Waals surface area contributed by atoms with Crippen molar-refractivity contribution in [3.63, 3.8) is 0 Å². The number of hydrogen-bond donors (Lipinski definition) is 1. The quantitative estimate of drug-likeness (QED) is 0.480. The highest BCUT2D eigenvalue weighted by Crippen LogP contribution is 2.35. The minimum atomic E-state index is -0.386. The van der Waals surface area contributed by atoms with E-state index < -0.39 is 0 Å². The topological polar surface area (TPSA) is 65.5 Å². The average Bonchev–Trinajstić information content (AvgIpc) is 3.15. The van der Waals surface area contributed by atoms with Crippen LogP contribution in [0.1, 0.15) is 19.0 Å². The molecule has 2 aliphatic rings. The normalized spacial score (nSPS) is 18.2. The number of imide groups is 1. The van der Waals surface area contributed by atoms with Gasteiger partial charge in [-0.3, -0.25) is 24.8 Å². The number of thioether (sulfide) groups is 1. The summed E-state index contributed by atoms with van der Waals surface area (Å²) < 4.78 is 0. The number of anilines is 1. The highest BCUT2D eigenvalue weighted by molar-refractivity contribution is 8.18. The van der Waals surface area contributed by atoms with Crippen LogP contribution in [0.2, 0.25) is 5.02 Å². The Labute approximate surface area is 208 Å². The Morgan fingerprint density at radius 1 is 1.12 bits per heavy atom. The van der Waals surface area contributed by atoms with Crippen LogP contribution < -0.4 is 10.2 Å². The first-order chi connectivity index (χ1) is 16.5. The lowest BCUT2D eigenvalue weighted by Crippen LogP contribution is -2.46. The summed E-state index contributed by atoms with van der Waals surface area (Å²) in [5.41, 5.74) is 3.76. The molecular weight excluding hydrogens is 468 g/mol. The second-order valence-electron chi connectivity index (χ2n) is 8.48. The lowest BCUT2D eigenvalue weighted by molar-refractivity contribution is -0.115. The smallest absolute Gasteiger partial charge is 0.290 e. The number of rotatable bonds is 5. The molecule has 6 nitrogen and oxygen atoms in total. The number of fused-ring (bicyclic) bond motifs is 1. The molecule has 1 aromatic heterocycles. The maximum atomic E-state index is 11.9. The Morgan fingerprint density at radius 2 is 1.94 bits per heavy atom. The first-order valence-corrected chi connectivity index (χ1v) is 12.6. The molecule has 0 atom stereocenters. The number of amides is 2. The summed E-state index contributed by atoms with van der Waals surface area (Å²) in [7, 11) is 0. The van der Waals surface area contributed by atoms with Gasteiger partial charge in [0, 0.05) is 37.8 Å². The van der Waals surface area contributed by atoms with Crippen LogP contribution in [0.15, 0.2) is 53.6 Å². The Morgan fingerprint density at radius 3 is 2.65 bits per heavy atom. The third-order valence-corrected chi connectivity index (χ3v) is 7.33. The molecule has 34 heavy (non-hydrogen) atoms. The minimum Gasteiger partial charge on any atom is -0.368 e. The zero-order valence-electron chi connectivity index (χ0n) is 18.9. The van der Waals surface area contributed by atoms with Crippen molar-refractivity contribution in [2.45, 2.75) is 13.3 Å². The van der Waals surface area contributed by atoms with E-state index >= 15 is 0 Å². The highest BCUT2D eigenvalue weighted by atomic mass is 35.5. The first-order valence-electron chi connectivity index (χ1n) is 11.4. The van der Waals surface area contributed by atoms with Crippen LogP contribution >= 0.6 is 23.4 Å². The van der Waals surface area contributed by atoms with Gasteiger partial charge in [0.25, 0.3) is 11.1 Å². The van der Waals surface area contributed by atoms with Gasteiger partial charge >= 0.3 is 0 Å². The predicted molar refractivity (Wildman–Crippen MR) is 140 cm³/mol. The average molecular weight is 493 g/mol. The number of piperazine rings is 1. The third kappa shape index (κ3) is 4.69. The van der Waals surface area contributed by atoms with Gasteiger partial charge in [0.05, 0.1) is 21.3 Å². The number of pyridine rings is 1. The van der Waals surface area contributed by atoms with E-state index in [4.69, 9.17) is 11.6 Å². The van der Waals surface area contributed by atoms with Gasteiger partial charge in [-0.25, -0.2) is 0 Å². The van der Waals surface area contributed by atoms with Gasteiger partial charge in [0.15, 0.2) is 0 Å². The van der Waals surface area contributed by atoms with Gasteiger partial charge < -0.3 is 4.90 Å². The molecular formula is C26H25ClN4O2S. The molecule has 0 aliphatic carbocycles. The van der Waals surface area contributed by atoms with E-state index in [9.17, 15) is 9.59 Å². The SMILES string of the molecule is CCCN1CCN(c2ccc(-c3cccc4cnc(C=C5SC(=O)NC5=O)cc34)cc2Cl)CC1. The summed E-state index contributed by atoms with van der Waals surface area (Å²) in [5, 5.41) is 4.66. The van der Waals surface area contributed by atoms with Crippen LogP contribution in [0.25, 0.3) is 28.0 Å². The number of hydrogen-bond acceptors (Lipinski definition) is 6. The van der Waals surface area contributed by atoms with Gasteiger partial charge in [-0.05, 0) is 65.5 Å². The molecule has 1 N–H and O–H groups in total. The molecule has 174 valence electrons. The van der Waals surface area contributed by atoms with Crippen LogP contribution in [0.5, 0.6) is 0 Å². The molecule has 5 rings (SSSR count). The lowest BCUT2D eigenvalue weighted by Gasteiger charge is -2.36. The lowest BCUT2D eigenvalue weighted by atomic mass is 9.98. The number of nitrogens with one attached hydrogen (secondary N) is 1. The van der Waals surface area contributed by atoms with Gasteiger partial charge in [0.1, 0.15) is 0 Å². The number of carbonyl (C=O) groups is 2. The molecule has 0 spiro atoms. The van der Waals surface area contributed by atoms with Crippen molar-refractivity contribution in [3.05, 3.63) is 64.3 Å². The molecule has 3 heterocycles. The van der Waals surface area contributed by atoms with Crippen molar-refractivity contribution < 1.29 is 9.59 Å². The molecule has 0 bridgehead atoms. The van der Waals surface area contributed by atoms with Gasteiger partial charge in [0.2, 0.25) is 0 Å². The molecule has 0 radical (unpaired) electrons. The fraction of sp³-hybridized carbons (Fsp3) is 0.269. The second-order valence-corrected chi connectivity index (χ2v) is 9.90. The van der Waals surface area contributed by atoms with E-state index in [2.05, 4.69) is 45.2 Å². The summed E-state index contributed by atoms with van der Waals surface area (Å²) in [6, 6.07) is 14.3. The maximum absolute atomic E-state index is 11.9. The number of nitrogens with zero attached hydrogens (tertiary/aromatic N) is 3. The molecule has 8 heteroatoms.